The minimum absolute atomic E-state index is 0.00114. The number of aliphatic hydroxyl groups is 1. The molecule has 0 spiro atoms. The third-order valence-corrected chi connectivity index (χ3v) is 4.55. The Hall–Kier alpha value is -2.70. The van der Waals surface area contributed by atoms with E-state index in [4.69, 9.17) is 10.8 Å². The van der Waals surface area contributed by atoms with Crippen molar-refractivity contribution in [3.8, 4) is 11.1 Å². The molecule has 0 aromatic heterocycles. The lowest BCUT2D eigenvalue weighted by molar-refractivity contribution is -0.128. The fourth-order valence-corrected chi connectivity index (χ4v) is 2.90. The van der Waals surface area contributed by atoms with Crippen LogP contribution in [0.25, 0.3) is 11.1 Å². The van der Waals surface area contributed by atoms with Crippen molar-refractivity contribution < 1.29 is 14.7 Å². The second-order valence-corrected chi connectivity index (χ2v) is 6.77. The van der Waals surface area contributed by atoms with Crippen LogP contribution in [0.3, 0.4) is 0 Å². The van der Waals surface area contributed by atoms with Gasteiger partial charge in [-0.2, -0.15) is 0 Å². The molecule has 28 heavy (non-hydrogen) atoms. The van der Waals surface area contributed by atoms with Crippen molar-refractivity contribution in [3.05, 3.63) is 59.7 Å². The van der Waals surface area contributed by atoms with Gasteiger partial charge in [-0.05, 0) is 54.2 Å². The topological polar surface area (TPSA) is 95.7 Å². The van der Waals surface area contributed by atoms with Crippen LogP contribution in [0, 0.1) is 0 Å². The van der Waals surface area contributed by atoms with E-state index < -0.39 is 0 Å². The normalized spacial score (nSPS) is 10.5. The van der Waals surface area contributed by atoms with Crippen molar-refractivity contribution in [1.82, 2.24) is 10.2 Å². The molecule has 2 rings (SSSR count). The number of hydrogen-bond donors (Lipinski definition) is 3. The van der Waals surface area contributed by atoms with Gasteiger partial charge in [-0.3, -0.25) is 9.59 Å². The lowest BCUT2D eigenvalue weighted by Gasteiger charge is -2.16. The first-order valence-corrected chi connectivity index (χ1v) is 9.57. The molecular formula is C22H29N3O3. The average Bonchev–Trinajstić information content (AvgIpc) is 2.73. The van der Waals surface area contributed by atoms with Crippen molar-refractivity contribution >= 4 is 11.8 Å². The van der Waals surface area contributed by atoms with Gasteiger partial charge >= 0.3 is 0 Å². The van der Waals surface area contributed by atoms with Crippen LogP contribution in [-0.2, 0) is 11.3 Å². The fourth-order valence-electron chi connectivity index (χ4n) is 2.90. The summed E-state index contributed by atoms with van der Waals surface area (Å²) < 4.78 is 0. The Kier molecular flexibility index (Phi) is 8.65. The Labute approximate surface area is 166 Å². The Morgan fingerprint density at radius 3 is 2.46 bits per heavy atom. The summed E-state index contributed by atoms with van der Waals surface area (Å²) >= 11 is 0. The van der Waals surface area contributed by atoms with Crippen molar-refractivity contribution in [2.45, 2.75) is 25.8 Å². The van der Waals surface area contributed by atoms with E-state index in [0.29, 0.717) is 18.7 Å². The second kappa shape index (κ2) is 11.2. The zero-order valence-electron chi connectivity index (χ0n) is 16.4. The van der Waals surface area contributed by atoms with Gasteiger partial charge in [-0.1, -0.05) is 30.3 Å². The number of amides is 2. The van der Waals surface area contributed by atoms with Gasteiger partial charge in [-0.25, -0.2) is 0 Å². The van der Waals surface area contributed by atoms with E-state index in [9.17, 15) is 9.59 Å². The summed E-state index contributed by atoms with van der Waals surface area (Å²) in [5.41, 5.74) is 9.08. The molecule has 6 nitrogen and oxygen atoms in total. The molecule has 4 N–H and O–H groups in total. The highest BCUT2D eigenvalue weighted by Crippen LogP contribution is 2.21. The molecule has 2 aromatic carbocycles. The molecule has 0 atom stereocenters. The van der Waals surface area contributed by atoms with Crippen LogP contribution in [0.5, 0.6) is 0 Å². The van der Waals surface area contributed by atoms with Gasteiger partial charge in [0.2, 0.25) is 5.91 Å². The van der Waals surface area contributed by atoms with Gasteiger partial charge in [0.25, 0.3) is 5.91 Å². The highest BCUT2D eigenvalue weighted by molar-refractivity contribution is 5.94. The summed E-state index contributed by atoms with van der Waals surface area (Å²) in [7, 11) is 1.74. The Morgan fingerprint density at radius 2 is 1.79 bits per heavy atom. The molecule has 0 saturated carbocycles. The predicted molar refractivity (Wildman–Crippen MR) is 111 cm³/mol. The van der Waals surface area contributed by atoms with Crippen LogP contribution in [-0.4, -0.2) is 48.6 Å². The molecule has 0 aliphatic carbocycles. The number of carbonyl (C=O) groups is 2. The van der Waals surface area contributed by atoms with E-state index in [1.807, 2.05) is 48.5 Å². The van der Waals surface area contributed by atoms with Crippen molar-refractivity contribution in [3.63, 3.8) is 0 Å². The molecule has 6 heteroatoms. The maximum Gasteiger partial charge on any atom is 0.251 e. The van der Waals surface area contributed by atoms with Crippen molar-refractivity contribution in [2.75, 3.05) is 26.7 Å². The number of unbranched alkanes of at least 4 members (excludes halogenated alkanes) is 2. The molecule has 150 valence electrons. The lowest BCUT2D eigenvalue weighted by atomic mass is 10.0. The zero-order chi connectivity index (χ0) is 20.4. The number of rotatable bonds is 10. The quantitative estimate of drug-likeness (QED) is 0.548. The minimum Gasteiger partial charge on any atom is -0.396 e. The molecule has 0 heterocycles. The number of likely N-dealkylation sites (N-methyl/N-ethyl adjacent to an activating group) is 1. The molecule has 0 aliphatic rings. The van der Waals surface area contributed by atoms with Crippen LogP contribution in [0.15, 0.2) is 48.5 Å². The lowest BCUT2D eigenvalue weighted by Crippen LogP contribution is -2.32. The third-order valence-electron chi connectivity index (χ3n) is 4.55. The smallest absolute Gasteiger partial charge is 0.251 e. The molecular weight excluding hydrogens is 354 g/mol. The number of hydrogen-bond acceptors (Lipinski definition) is 4. The molecule has 0 unspecified atom stereocenters. The van der Waals surface area contributed by atoms with Gasteiger partial charge in [0.15, 0.2) is 0 Å². The second-order valence-electron chi connectivity index (χ2n) is 6.77. The van der Waals surface area contributed by atoms with E-state index in [1.165, 1.54) is 0 Å². The van der Waals surface area contributed by atoms with Crippen LogP contribution < -0.4 is 11.1 Å². The predicted octanol–water partition coefficient (Wildman–Crippen LogP) is 2.16. The summed E-state index contributed by atoms with van der Waals surface area (Å²) in [6.07, 6.45) is 2.52. The molecule has 0 radical (unpaired) electrons. The average molecular weight is 383 g/mol. The maximum atomic E-state index is 12.2. The largest absolute Gasteiger partial charge is 0.396 e. The SMILES string of the molecule is CN(Cc1cccc(-c2ccc(C(=O)NCCCCCO)cc2)c1)C(=O)CN. The Balaban J connectivity index is 1.98. The number of nitrogens with two attached hydrogens (primary N) is 1. The summed E-state index contributed by atoms with van der Waals surface area (Å²) in [4.78, 5) is 25.4. The molecule has 0 saturated heterocycles. The summed E-state index contributed by atoms with van der Waals surface area (Å²) in [5.74, 6) is -0.191. The number of aliphatic hydroxyl groups excluding tert-OH is 1. The van der Waals surface area contributed by atoms with Gasteiger partial charge in [-0.15, -0.1) is 0 Å². The zero-order valence-corrected chi connectivity index (χ0v) is 16.4. The monoisotopic (exact) mass is 383 g/mol. The van der Waals surface area contributed by atoms with Gasteiger partial charge < -0.3 is 21.1 Å². The highest BCUT2D eigenvalue weighted by atomic mass is 16.3. The van der Waals surface area contributed by atoms with Crippen LogP contribution in [0.1, 0.15) is 35.2 Å². The van der Waals surface area contributed by atoms with Crippen LogP contribution in [0.4, 0.5) is 0 Å². The first kappa shape index (κ1) is 21.6. The summed E-state index contributed by atoms with van der Waals surface area (Å²) in [6, 6.07) is 15.5. The van der Waals surface area contributed by atoms with Crippen molar-refractivity contribution in [2.24, 2.45) is 5.73 Å². The Bertz CT molecular complexity index is 775. The summed E-state index contributed by atoms with van der Waals surface area (Å²) in [5, 5.41) is 11.7. The fraction of sp³-hybridized carbons (Fsp3) is 0.364. The van der Waals surface area contributed by atoms with E-state index in [2.05, 4.69) is 5.32 Å². The third kappa shape index (κ3) is 6.48. The van der Waals surface area contributed by atoms with E-state index in [1.54, 1.807) is 11.9 Å². The summed E-state index contributed by atoms with van der Waals surface area (Å²) in [6.45, 7) is 1.30. The highest BCUT2D eigenvalue weighted by Gasteiger charge is 2.09. The molecule has 0 bridgehead atoms. The van der Waals surface area contributed by atoms with Gasteiger partial charge in [0, 0.05) is 32.3 Å². The van der Waals surface area contributed by atoms with Crippen molar-refractivity contribution in [1.29, 1.82) is 0 Å². The first-order chi connectivity index (χ1) is 13.5. The minimum atomic E-state index is -0.0999. The van der Waals surface area contributed by atoms with Crippen LogP contribution in [0.2, 0.25) is 0 Å². The van der Waals surface area contributed by atoms with E-state index >= 15 is 0 Å². The molecule has 0 aliphatic heterocycles. The van der Waals surface area contributed by atoms with Gasteiger partial charge in [0.05, 0.1) is 6.54 Å². The molecule has 2 amide bonds. The number of carbonyl (C=O) groups excluding carboxylic acids is 2. The van der Waals surface area contributed by atoms with Gasteiger partial charge in [0.1, 0.15) is 0 Å². The molecule has 2 aromatic rings. The first-order valence-electron chi connectivity index (χ1n) is 9.57. The van der Waals surface area contributed by atoms with E-state index in [0.717, 1.165) is 36.0 Å². The number of nitrogens with one attached hydrogen (secondary N) is 1. The maximum absolute atomic E-state index is 12.2. The Morgan fingerprint density at radius 1 is 1.04 bits per heavy atom. The van der Waals surface area contributed by atoms with Crippen LogP contribution >= 0.6 is 0 Å². The number of nitrogens with zero attached hydrogens (tertiary/aromatic N) is 1. The van der Waals surface area contributed by atoms with E-state index in [-0.39, 0.29) is 25.0 Å². The standard InChI is InChI=1S/C22H29N3O3/c1-25(21(27)15-23)16-17-6-5-7-20(14-17)18-8-10-19(11-9-18)22(28)24-12-3-2-4-13-26/h5-11,14,26H,2-4,12-13,15-16,23H2,1H3,(H,24,28). The number of benzene rings is 2. The molecule has 0 fully saturated rings.